The summed E-state index contributed by atoms with van der Waals surface area (Å²) in [7, 11) is 2.09. The van der Waals surface area contributed by atoms with Gasteiger partial charge < -0.3 is 5.32 Å². The van der Waals surface area contributed by atoms with Crippen LogP contribution in [0.2, 0.25) is 0 Å². The number of nitrogens with one attached hydrogen (secondary N) is 1. The molecule has 0 fully saturated rings. The Labute approximate surface area is 117 Å². The van der Waals surface area contributed by atoms with E-state index in [0.29, 0.717) is 0 Å². The molecule has 1 N–H and O–H groups in total. The van der Waals surface area contributed by atoms with Gasteiger partial charge in [0, 0.05) is 31.4 Å². The van der Waals surface area contributed by atoms with E-state index in [4.69, 9.17) is 0 Å². The van der Waals surface area contributed by atoms with Gasteiger partial charge in [-0.2, -0.15) is 0 Å². The van der Waals surface area contributed by atoms with Gasteiger partial charge in [0.2, 0.25) is 0 Å². The van der Waals surface area contributed by atoms with Gasteiger partial charge in [0.1, 0.15) is 0 Å². The van der Waals surface area contributed by atoms with Crippen LogP contribution in [0.1, 0.15) is 39.0 Å². The van der Waals surface area contributed by atoms with Gasteiger partial charge in [-0.25, -0.2) is 0 Å². The molecule has 1 heterocycles. The second kappa shape index (κ2) is 6.83. The molecule has 0 radical (unpaired) electrons. The molecule has 3 nitrogen and oxygen atoms in total. The molecule has 0 aliphatic heterocycles. The maximum atomic E-state index is 4.52. The van der Waals surface area contributed by atoms with E-state index in [2.05, 4.69) is 61.7 Å². The Morgan fingerprint density at radius 1 is 1.37 bits per heavy atom. The predicted molar refractivity (Wildman–Crippen MR) is 82.0 cm³/mol. The van der Waals surface area contributed by atoms with Crippen molar-refractivity contribution in [3.8, 4) is 0 Å². The average Bonchev–Trinajstić information content (AvgIpc) is 2.26. The topological polar surface area (TPSA) is 28.2 Å². The molecule has 1 aromatic rings. The first-order valence-electron chi connectivity index (χ1n) is 6.78. The molecular weight excluding hydrogens is 234 g/mol. The van der Waals surface area contributed by atoms with E-state index >= 15 is 0 Å². The largest absolute Gasteiger partial charge is 0.308 e. The molecule has 1 rings (SSSR count). The molecule has 1 aromatic heterocycles. The van der Waals surface area contributed by atoms with Crippen molar-refractivity contribution in [1.29, 1.82) is 0 Å². The Bertz CT molecular complexity index is 401. The highest BCUT2D eigenvalue weighted by atomic mass is 15.1. The van der Waals surface area contributed by atoms with Gasteiger partial charge in [-0.15, -0.1) is 0 Å². The summed E-state index contributed by atoms with van der Waals surface area (Å²) in [5.41, 5.74) is 3.64. The van der Waals surface area contributed by atoms with Crippen molar-refractivity contribution in [3.05, 3.63) is 41.7 Å². The lowest BCUT2D eigenvalue weighted by molar-refractivity contribution is 0.351. The lowest BCUT2D eigenvalue weighted by Crippen LogP contribution is -2.35. The highest BCUT2D eigenvalue weighted by Crippen LogP contribution is 2.06. The smallest absolute Gasteiger partial charge is 0.0544 e. The fourth-order valence-corrected chi connectivity index (χ4v) is 1.81. The Kier molecular flexibility index (Phi) is 5.70. The lowest BCUT2D eigenvalue weighted by Gasteiger charge is -2.20. The minimum atomic E-state index is 0.139. The van der Waals surface area contributed by atoms with E-state index < -0.39 is 0 Å². The molecule has 106 valence electrons. The fraction of sp³-hybridized carbons (Fsp3) is 0.562. The van der Waals surface area contributed by atoms with Crippen LogP contribution in [0.25, 0.3) is 0 Å². The van der Waals surface area contributed by atoms with Crippen LogP contribution < -0.4 is 5.32 Å². The second-order valence-electron chi connectivity index (χ2n) is 6.39. The van der Waals surface area contributed by atoms with Gasteiger partial charge in [0.15, 0.2) is 0 Å². The summed E-state index contributed by atoms with van der Waals surface area (Å²) < 4.78 is 0. The number of likely N-dealkylation sites (N-methyl/N-ethyl adjacent to an activating group) is 1. The van der Waals surface area contributed by atoms with Crippen molar-refractivity contribution in [3.63, 3.8) is 0 Å². The predicted octanol–water partition coefficient (Wildman–Crippen LogP) is 2.98. The van der Waals surface area contributed by atoms with Gasteiger partial charge in [0.05, 0.1) is 5.69 Å². The van der Waals surface area contributed by atoms with E-state index in [9.17, 15) is 0 Å². The first-order valence-corrected chi connectivity index (χ1v) is 6.78. The first-order chi connectivity index (χ1) is 8.76. The van der Waals surface area contributed by atoms with Crippen molar-refractivity contribution < 1.29 is 0 Å². The summed E-state index contributed by atoms with van der Waals surface area (Å²) in [5, 5.41) is 3.46. The maximum absolute atomic E-state index is 4.52. The molecule has 3 heteroatoms. The Hall–Kier alpha value is -1.19. The van der Waals surface area contributed by atoms with Gasteiger partial charge in [-0.3, -0.25) is 9.88 Å². The monoisotopic (exact) mass is 261 g/mol. The number of hydrogen-bond donors (Lipinski definition) is 1. The van der Waals surface area contributed by atoms with Crippen molar-refractivity contribution >= 4 is 0 Å². The average molecular weight is 261 g/mol. The molecule has 0 aliphatic carbocycles. The van der Waals surface area contributed by atoms with Gasteiger partial charge in [-0.05, 0) is 46.4 Å². The van der Waals surface area contributed by atoms with Crippen molar-refractivity contribution in [2.45, 2.75) is 46.3 Å². The summed E-state index contributed by atoms with van der Waals surface area (Å²) in [4.78, 5) is 6.74. The molecule has 0 saturated heterocycles. The van der Waals surface area contributed by atoms with Crippen molar-refractivity contribution in [2.24, 2.45) is 0 Å². The zero-order valence-corrected chi connectivity index (χ0v) is 13.0. The molecule has 0 saturated carbocycles. The van der Waals surface area contributed by atoms with E-state index in [1.54, 1.807) is 0 Å². The number of aromatic nitrogens is 1. The molecule has 19 heavy (non-hydrogen) atoms. The van der Waals surface area contributed by atoms with Crippen molar-refractivity contribution in [1.82, 2.24) is 15.2 Å². The van der Waals surface area contributed by atoms with E-state index in [-0.39, 0.29) is 5.54 Å². The van der Waals surface area contributed by atoms with Crippen molar-refractivity contribution in [2.75, 3.05) is 13.6 Å². The van der Waals surface area contributed by atoms with Crippen LogP contribution in [-0.4, -0.2) is 29.0 Å². The van der Waals surface area contributed by atoms with Crippen LogP contribution in [-0.2, 0) is 13.1 Å². The number of pyridine rings is 1. The number of nitrogens with zero attached hydrogens (tertiary/aromatic N) is 2. The molecule has 0 atom stereocenters. The van der Waals surface area contributed by atoms with Gasteiger partial charge in [0.25, 0.3) is 0 Å². The van der Waals surface area contributed by atoms with Crippen LogP contribution in [0.4, 0.5) is 0 Å². The molecule has 0 spiro atoms. The summed E-state index contributed by atoms with van der Waals surface area (Å²) in [5.74, 6) is 0. The zero-order valence-electron chi connectivity index (χ0n) is 13.0. The summed E-state index contributed by atoms with van der Waals surface area (Å²) in [6, 6.07) is 4.25. The molecular formula is C16H27N3. The van der Waals surface area contributed by atoms with Gasteiger partial charge in [-0.1, -0.05) is 18.2 Å². The Morgan fingerprint density at radius 3 is 2.53 bits per heavy atom. The molecule has 0 bridgehead atoms. The standard InChI is InChI=1S/C16H27N3/c1-13(2)11-19(6)12-15-8-7-14(9-17-15)10-18-16(3,4)5/h7-9,18H,1,10-12H2,2-6H3. The molecule has 0 aromatic carbocycles. The molecule has 0 aliphatic rings. The quantitative estimate of drug-likeness (QED) is 0.798. The third kappa shape index (κ3) is 7.09. The maximum Gasteiger partial charge on any atom is 0.0544 e. The van der Waals surface area contributed by atoms with E-state index in [1.807, 2.05) is 13.1 Å². The van der Waals surface area contributed by atoms with Crippen LogP contribution >= 0.6 is 0 Å². The molecule has 0 amide bonds. The van der Waals surface area contributed by atoms with Crippen LogP contribution in [0.5, 0.6) is 0 Å². The first kappa shape index (κ1) is 15.9. The highest BCUT2D eigenvalue weighted by Gasteiger charge is 2.08. The Balaban J connectivity index is 2.49. The zero-order chi connectivity index (χ0) is 14.5. The fourth-order valence-electron chi connectivity index (χ4n) is 1.81. The summed E-state index contributed by atoms with van der Waals surface area (Å²) >= 11 is 0. The summed E-state index contributed by atoms with van der Waals surface area (Å²) in [6.45, 7) is 15.1. The normalized spacial score (nSPS) is 11.9. The van der Waals surface area contributed by atoms with E-state index in [0.717, 1.165) is 25.3 Å². The lowest BCUT2D eigenvalue weighted by atomic mass is 10.1. The number of rotatable bonds is 6. The minimum absolute atomic E-state index is 0.139. The third-order valence-corrected chi connectivity index (χ3v) is 2.68. The van der Waals surface area contributed by atoms with Gasteiger partial charge >= 0.3 is 0 Å². The minimum Gasteiger partial charge on any atom is -0.308 e. The third-order valence-electron chi connectivity index (χ3n) is 2.68. The number of hydrogen-bond acceptors (Lipinski definition) is 3. The van der Waals surface area contributed by atoms with E-state index in [1.165, 1.54) is 11.1 Å². The highest BCUT2D eigenvalue weighted by molar-refractivity contribution is 5.14. The van der Waals surface area contributed by atoms with Crippen LogP contribution in [0, 0.1) is 0 Å². The van der Waals surface area contributed by atoms with Crippen LogP contribution in [0.3, 0.4) is 0 Å². The van der Waals surface area contributed by atoms with Crippen LogP contribution in [0.15, 0.2) is 30.5 Å². The summed E-state index contributed by atoms with van der Waals surface area (Å²) in [6.07, 6.45) is 1.96. The molecule has 0 unspecified atom stereocenters. The SMILES string of the molecule is C=C(C)CN(C)Cc1ccc(CNC(C)(C)C)cn1. The second-order valence-corrected chi connectivity index (χ2v) is 6.39. The Morgan fingerprint density at radius 2 is 2.05 bits per heavy atom.